The maximum absolute atomic E-state index is 12.7. The smallest absolute Gasteiger partial charge is 0.322 e. The maximum atomic E-state index is 12.7. The van der Waals surface area contributed by atoms with E-state index in [0.717, 1.165) is 23.4 Å². The minimum Gasteiger partial charge on any atom is -0.494 e. The van der Waals surface area contributed by atoms with Crippen LogP contribution in [0.25, 0.3) is 0 Å². The molecule has 0 atom stereocenters. The van der Waals surface area contributed by atoms with Crippen molar-refractivity contribution in [1.82, 2.24) is 10.2 Å². The Kier molecular flexibility index (Phi) is 5.96. The molecule has 0 radical (unpaired) electrons. The number of anilines is 1. The SMILES string of the molecule is Cc1cc(C(=O)N(C)CCCOc2ccccc2)ccc1N1CCNC1=O. The largest absolute Gasteiger partial charge is 0.494 e. The van der Waals surface area contributed by atoms with Crippen LogP contribution in [0.2, 0.25) is 0 Å². The van der Waals surface area contributed by atoms with E-state index in [4.69, 9.17) is 4.74 Å². The van der Waals surface area contributed by atoms with Gasteiger partial charge in [-0.15, -0.1) is 0 Å². The molecule has 0 unspecified atom stereocenters. The number of hydrogen-bond donors (Lipinski definition) is 1. The van der Waals surface area contributed by atoms with Crippen molar-refractivity contribution in [2.75, 3.05) is 38.2 Å². The van der Waals surface area contributed by atoms with E-state index in [0.29, 0.717) is 31.8 Å². The van der Waals surface area contributed by atoms with Crippen molar-refractivity contribution in [3.8, 4) is 5.75 Å². The van der Waals surface area contributed by atoms with Gasteiger partial charge in [-0.05, 0) is 49.2 Å². The van der Waals surface area contributed by atoms with Crippen molar-refractivity contribution in [2.24, 2.45) is 0 Å². The second-order valence-corrected chi connectivity index (χ2v) is 6.63. The molecule has 1 fully saturated rings. The third kappa shape index (κ3) is 4.58. The molecule has 0 aliphatic carbocycles. The lowest BCUT2D eigenvalue weighted by atomic mass is 10.1. The molecule has 1 N–H and O–H groups in total. The molecule has 2 aromatic carbocycles. The number of nitrogens with one attached hydrogen (secondary N) is 1. The van der Waals surface area contributed by atoms with Crippen molar-refractivity contribution in [3.63, 3.8) is 0 Å². The summed E-state index contributed by atoms with van der Waals surface area (Å²) in [7, 11) is 1.79. The number of carbonyl (C=O) groups excluding carboxylic acids is 2. The lowest BCUT2D eigenvalue weighted by molar-refractivity contribution is 0.0788. The van der Waals surface area contributed by atoms with Gasteiger partial charge in [0.1, 0.15) is 5.75 Å². The first-order valence-electron chi connectivity index (χ1n) is 9.15. The molecule has 1 aliphatic rings. The minimum atomic E-state index is -0.0901. The van der Waals surface area contributed by atoms with Crippen LogP contribution in [0.1, 0.15) is 22.3 Å². The highest BCUT2D eigenvalue weighted by Crippen LogP contribution is 2.23. The van der Waals surface area contributed by atoms with Gasteiger partial charge < -0.3 is 15.0 Å². The standard InChI is InChI=1S/C21H25N3O3/c1-16-15-17(9-10-19(16)24-13-11-22-21(24)26)20(25)23(2)12-6-14-27-18-7-4-3-5-8-18/h3-5,7-10,15H,6,11-14H2,1-2H3,(H,22,26). The van der Waals surface area contributed by atoms with Crippen LogP contribution in [-0.2, 0) is 0 Å². The van der Waals surface area contributed by atoms with Gasteiger partial charge in [0.25, 0.3) is 5.91 Å². The van der Waals surface area contributed by atoms with Gasteiger partial charge in [0.15, 0.2) is 0 Å². The summed E-state index contributed by atoms with van der Waals surface area (Å²) in [5, 5.41) is 2.79. The molecular weight excluding hydrogens is 342 g/mol. The van der Waals surface area contributed by atoms with Crippen LogP contribution in [0.15, 0.2) is 48.5 Å². The van der Waals surface area contributed by atoms with Gasteiger partial charge in [-0.25, -0.2) is 4.79 Å². The van der Waals surface area contributed by atoms with E-state index in [9.17, 15) is 9.59 Å². The Morgan fingerprint density at radius 2 is 2.00 bits per heavy atom. The molecule has 0 saturated carbocycles. The van der Waals surface area contributed by atoms with Gasteiger partial charge >= 0.3 is 6.03 Å². The fraction of sp³-hybridized carbons (Fsp3) is 0.333. The summed E-state index contributed by atoms with van der Waals surface area (Å²) >= 11 is 0. The van der Waals surface area contributed by atoms with Gasteiger partial charge in [-0.3, -0.25) is 9.69 Å². The molecule has 6 nitrogen and oxygen atoms in total. The van der Waals surface area contributed by atoms with Gasteiger partial charge in [-0.2, -0.15) is 0 Å². The van der Waals surface area contributed by atoms with E-state index in [1.165, 1.54) is 0 Å². The summed E-state index contributed by atoms with van der Waals surface area (Å²) in [4.78, 5) is 27.9. The predicted octanol–water partition coefficient (Wildman–Crippen LogP) is 3.07. The quantitative estimate of drug-likeness (QED) is 0.765. The summed E-state index contributed by atoms with van der Waals surface area (Å²) < 4.78 is 5.66. The molecule has 0 bridgehead atoms. The van der Waals surface area contributed by atoms with Crippen molar-refractivity contribution in [1.29, 1.82) is 0 Å². The van der Waals surface area contributed by atoms with Gasteiger partial charge in [0, 0.05) is 37.9 Å². The summed E-state index contributed by atoms with van der Waals surface area (Å²) in [5.74, 6) is 0.805. The van der Waals surface area contributed by atoms with E-state index < -0.39 is 0 Å². The molecule has 142 valence electrons. The molecular formula is C21H25N3O3. The molecule has 3 rings (SSSR count). The summed E-state index contributed by atoms with van der Waals surface area (Å²) in [6.45, 7) is 4.39. The van der Waals surface area contributed by atoms with Crippen molar-refractivity contribution < 1.29 is 14.3 Å². The number of rotatable bonds is 7. The van der Waals surface area contributed by atoms with Crippen LogP contribution in [0, 0.1) is 6.92 Å². The Morgan fingerprint density at radius 1 is 1.22 bits per heavy atom. The highest BCUT2D eigenvalue weighted by molar-refractivity contribution is 5.97. The van der Waals surface area contributed by atoms with Crippen molar-refractivity contribution in [3.05, 3.63) is 59.7 Å². The number of aryl methyl sites for hydroxylation is 1. The average molecular weight is 367 g/mol. The molecule has 27 heavy (non-hydrogen) atoms. The third-order valence-corrected chi connectivity index (χ3v) is 4.59. The first-order chi connectivity index (χ1) is 13.1. The number of nitrogens with zero attached hydrogens (tertiary/aromatic N) is 2. The van der Waals surface area contributed by atoms with Crippen molar-refractivity contribution in [2.45, 2.75) is 13.3 Å². The molecule has 0 spiro atoms. The second-order valence-electron chi connectivity index (χ2n) is 6.63. The lowest BCUT2D eigenvalue weighted by Crippen LogP contribution is -2.30. The zero-order chi connectivity index (χ0) is 19.2. The summed E-state index contributed by atoms with van der Waals surface area (Å²) in [6, 6.07) is 15.0. The lowest BCUT2D eigenvalue weighted by Gasteiger charge is -2.20. The molecule has 6 heteroatoms. The van der Waals surface area contributed by atoms with Crippen LogP contribution in [0.3, 0.4) is 0 Å². The number of hydrogen-bond acceptors (Lipinski definition) is 3. The highest BCUT2D eigenvalue weighted by atomic mass is 16.5. The molecule has 2 aromatic rings. The molecule has 0 aromatic heterocycles. The topological polar surface area (TPSA) is 61.9 Å². The third-order valence-electron chi connectivity index (χ3n) is 4.59. The minimum absolute atomic E-state index is 0.0322. The first kappa shape index (κ1) is 18.8. The van der Waals surface area contributed by atoms with Crippen LogP contribution in [0.4, 0.5) is 10.5 Å². The van der Waals surface area contributed by atoms with E-state index in [-0.39, 0.29) is 11.9 Å². The van der Waals surface area contributed by atoms with Gasteiger partial charge in [0.05, 0.1) is 6.61 Å². The Morgan fingerprint density at radius 3 is 2.67 bits per heavy atom. The Labute approximate surface area is 159 Å². The zero-order valence-corrected chi connectivity index (χ0v) is 15.8. The van der Waals surface area contributed by atoms with E-state index in [1.54, 1.807) is 22.9 Å². The Bertz CT molecular complexity index is 808. The molecule has 1 aliphatic heterocycles. The monoisotopic (exact) mass is 367 g/mol. The molecule has 1 heterocycles. The maximum Gasteiger partial charge on any atom is 0.322 e. The second kappa shape index (κ2) is 8.58. The Balaban J connectivity index is 1.53. The van der Waals surface area contributed by atoms with Gasteiger partial charge in [-0.1, -0.05) is 18.2 Å². The summed E-state index contributed by atoms with van der Waals surface area (Å²) in [6.07, 6.45) is 0.752. The molecule has 3 amide bonds. The van der Waals surface area contributed by atoms with Gasteiger partial charge in [0.2, 0.25) is 0 Å². The average Bonchev–Trinajstić information content (AvgIpc) is 3.11. The number of carbonyl (C=O) groups is 2. The number of ether oxygens (including phenoxy) is 1. The van der Waals surface area contributed by atoms with Crippen LogP contribution in [-0.4, -0.2) is 50.1 Å². The van der Waals surface area contributed by atoms with Crippen LogP contribution in [0.5, 0.6) is 5.75 Å². The van der Waals surface area contributed by atoms with E-state index >= 15 is 0 Å². The number of urea groups is 1. The number of para-hydroxylation sites is 1. The normalized spacial score (nSPS) is 13.4. The fourth-order valence-corrected chi connectivity index (χ4v) is 3.12. The summed E-state index contributed by atoms with van der Waals surface area (Å²) in [5.41, 5.74) is 2.39. The number of amides is 3. The predicted molar refractivity (Wildman–Crippen MR) is 105 cm³/mol. The highest BCUT2D eigenvalue weighted by Gasteiger charge is 2.23. The zero-order valence-electron chi connectivity index (χ0n) is 15.8. The van der Waals surface area contributed by atoms with Crippen molar-refractivity contribution >= 4 is 17.6 Å². The fourth-order valence-electron chi connectivity index (χ4n) is 3.12. The van der Waals surface area contributed by atoms with Crippen LogP contribution >= 0.6 is 0 Å². The Hall–Kier alpha value is -3.02. The molecule has 1 saturated heterocycles. The van der Waals surface area contributed by atoms with Crippen LogP contribution < -0.4 is 15.0 Å². The van der Waals surface area contributed by atoms with E-state index in [1.807, 2.05) is 49.4 Å². The van der Waals surface area contributed by atoms with E-state index in [2.05, 4.69) is 5.32 Å². The first-order valence-corrected chi connectivity index (χ1v) is 9.15. The number of benzene rings is 2.